The van der Waals surface area contributed by atoms with Crippen LogP contribution in [0.2, 0.25) is 0 Å². The van der Waals surface area contributed by atoms with Gasteiger partial charge in [-0.25, -0.2) is 0 Å². The number of nitrogens with one attached hydrogen (secondary N) is 1. The van der Waals surface area contributed by atoms with E-state index >= 15 is 0 Å². The number of hydrogen-bond acceptors (Lipinski definition) is 1. The van der Waals surface area contributed by atoms with Crippen LogP contribution in [0, 0.1) is 5.92 Å². The summed E-state index contributed by atoms with van der Waals surface area (Å²) in [5, 5.41) is 3.21. The third-order valence-corrected chi connectivity index (χ3v) is 2.16. The smallest absolute Gasteiger partial charge is 0.0366 e. The molecule has 12 heavy (non-hydrogen) atoms. The van der Waals surface area contributed by atoms with E-state index in [0.717, 1.165) is 6.42 Å². The van der Waals surface area contributed by atoms with Crippen LogP contribution in [-0.2, 0) is 0 Å². The summed E-state index contributed by atoms with van der Waals surface area (Å²) in [6.45, 7) is 4.37. The van der Waals surface area contributed by atoms with Gasteiger partial charge in [-0.3, -0.25) is 0 Å². The van der Waals surface area contributed by atoms with Crippen LogP contribution in [0.1, 0.15) is 20.3 Å². The summed E-state index contributed by atoms with van der Waals surface area (Å²) in [6, 6.07) is 0. The third-order valence-electron chi connectivity index (χ3n) is 2.16. The lowest BCUT2D eigenvalue weighted by Crippen LogP contribution is -2.05. The zero-order valence-corrected chi connectivity index (χ0v) is 8.09. The molecule has 0 aromatic carbocycles. The Morgan fingerprint density at radius 2 is 2.00 bits per heavy atom. The van der Waals surface area contributed by atoms with Gasteiger partial charge in [0.2, 0.25) is 0 Å². The quantitative estimate of drug-likeness (QED) is 0.660. The molecule has 1 unspecified atom stereocenters. The fraction of sp³-hybridized carbons (Fsp3) is 0.455. The Balaban J connectivity index is 2.93. The average Bonchev–Trinajstić information content (AvgIpc) is 2.27. The summed E-state index contributed by atoms with van der Waals surface area (Å²) in [4.78, 5) is 0. The van der Waals surface area contributed by atoms with Gasteiger partial charge in [0.1, 0.15) is 0 Å². The van der Waals surface area contributed by atoms with Crippen LogP contribution in [-0.4, -0.2) is 7.05 Å². The lowest BCUT2D eigenvalue weighted by molar-refractivity contribution is 0.937. The van der Waals surface area contributed by atoms with Crippen molar-refractivity contribution in [1.29, 1.82) is 0 Å². The second-order valence-electron chi connectivity index (χ2n) is 3.12. The predicted octanol–water partition coefficient (Wildman–Crippen LogP) is 2.63. The molecule has 1 aliphatic rings. The standard InChI is InChI=1S/C11H17N/c1-4-10-7-5-9(2)6-8-11(10)12-3/h5-9,12H,4H2,1-3H3. The summed E-state index contributed by atoms with van der Waals surface area (Å²) >= 11 is 0. The molecule has 1 atom stereocenters. The zero-order valence-electron chi connectivity index (χ0n) is 8.09. The van der Waals surface area contributed by atoms with Crippen LogP contribution in [0.25, 0.3) is 0 Å². The van der Waals surface area contributed by atoms with Crippen LogP contribution in [0.3, 0.4) is 0 Å². The minimum absolute atomic E-state index is 0.553. The maximum absolute atomic E-state index is 3.21. The van der Waals surface area contributed by atoms with Gasteiger partial charge in [0.25, 0.3) is 0 Å². The van der Waals surface area contributed by atoms with E-state index in [2.05, 4.69) is 43.5 Å². The molecule has 0 aliphatic heterocycles. The largest absolute Gasteiger partial charge is 0.388 e. The van der Waals surface area contributed by atoms with Crippen LogP contribution in [0.4, 0.5) is 0 Å². The Hall–Kier alpha value is -0.980. The second kappa shape index (κ2) is 4.15. The first-order valence-electron chi connectivity index (χ1n) is 4.55. The molecule has 1 rings (SSSR count). The van der Waals surface area contributed by atoms with Crippen LogP contribution >= 0.6 is 0 Å². The molecule has 0 radical (unpaired) electrons. The highest BCUT2D eigenvalue weighted by Crippen LogP contribution is 2.16. The van der Waals surface area contributed by atoms with E-state index in [0.29, 0.717) is 5.92 Å². The monoisotopic (exact) mass is 163 g/mol. The van der Waals surface area contributed by atoms with Gasteiger partial charge in [-0.05, 0) is 24.0 Å². The van der Waals surface area contributed by atoms with Gasteiger partial charge in [-0.2, -0.15) is 0 Å². The van der Waals surface area contributed by atoms with Crippen molar-refractivity contribution < 1.29 is 0 Å². The van der Waals surface area contributed by atoms with E-state index < -0.39 is 0 Å². The molecule has 0 saturated carbocycles. The molecule has 0 bridgehead atoms. The van der Waals surface area contributed by atoms with Gasteiger partial charge >= 0.3 is 0 Å². The van der Waals surface area contributed by atoms with Crippen LogP contribution in [0.5, 0.6) is 0 Å². The van der Waals surface area contributed by atoms with Gasteiger partial charge in [0, 0.05) is 12.7 Å². The lowest BCUT2D eigenvalue weighted by Gasteiger charge is -2.04. The van der Waals surface area contributed by atoms with E-state index in [1.807, 2.05) is 7.05 Å². The van der Waals surface area contributed by atoms with Crippen molar-refractivity contribution in [2.45, 2.75) is 20.3 Å². The van der Waals surface area contributed by atoms with Crippen LogP contribution in [0.15, 0.2) is 35.6 Å². The number of rotatable bonds is 2. The Bertz CT molecular complexity index is 209. The molecule has 0 amide bonds. The van der Waals surface area contributed by atoms with E-state index in [-0.39, 0.29) is 0 Å². The minimum Gasteiger partial charge on any atom is -0.388 e. The fourth-order valence-electron chi connectivity index (χ4n) is 1.33. The molecular formula is C11H17N. The minimum atomic E-state index is 0.553. The maximum atomic E-state index is 3.21. The summed E-state index contributed by atoms with van der Waals surface area (Å²) in [6.07, 6.45) is 9.93. The average molecular weight is 163 g/mol. The first kappa shape index (κ1) is 9.11. The van der Waals surface area contributed by atoms with E-state index in [1.165, 1.54) is 11.3 Å². The Kier molecular flexibility index (Phi) is 3.15. The molecule has 0 aromatic heterocycles. The molecule has 1 nitrogen and oxygen atoms in total. The van der Waals surface area contributed by atoms with Crippen molar-refractivity contribution in [1.82, 2.24) is 5.32 Å². The Morgan fingerprint density at radius 1 is 1.33 bits per heavy atom. The summed E-state index contributed by atoms with van der Waals surface area (Å²) in [5.74, 6) is 0.553. The van der Waals surface area contributed by atoms with Gasteiger partial charge in [0.15, 0.2) is 0 Å². The summed E-state index contributed by atoms with van der Waals surface area (Å²) < 4.78 is 0. The highest BCUT2D eigenvalue weighted by Gasteiger charge is 2.01. The zero-order chi connectivity index (χ0) is 8.97. The van der Waals surface area contributed by atoms with Gasteiger partial charge in [0.05, 0.1) is 0 Å². The Morgan fingerprint density at radius 3 is 2.58 bits per heavy atom. The molecular weight excluding hydrogens is 146 g/mol. The lowest BCUT2D eigenvalue weighted by atomic mass is 10.1. The molecule has 1 aliphatic carbocycles. The second-order valence-corrected chi connectivity index (χ2v) is 3.12. The van der Waals surface area contributed by atoms with Crippen molar-refractivity contribution in [2.75, 3.05) is 7.05 Å². The maximum Gasteiger partial charge on any atom is 0.0366 e. The third kappa shape index (κ3) is 2.00. The van der Waals surface area contributed by atoms with Gasteiger partial charge < -0.3 is 5.32 Å². The van der Waals surface area contributed by atoms with Crippen molar-refractivity contribution >= 4 is 0 Å². The van der Waals surface area contributed by atoms with E-state index in [4.69, 9.17) is 0 Å². The summed E-state index contributed by atoms with van der Waals surface area (Å²) in [7, 11) is 1.97. The molecule has 0 fully saturated rings. The van der Waals surface area contributed by atoms with Gasteiger partial charge in [-0.15, -0.1) is 0 Å². The highest BCUT2D eigenvalue weighted by molar-refractivity contribution is 5.35. The van der Waals surface area contributed by atoms with E-state index in [9.17, 15) is 0 Å². The number of hydrogen-bond donors (Lipinski definition) is 1. The van der Waals surface area contributed by atoms with Crippen molar-refractivity contribution in [3.63, 3.8) is 0 Å². The molecule has 0 heterocycles. The normalized spacial score (nSPS) is 22.8. The fourth-order valence-corrected chi connectivity index (χ4v) is 1.33. The first-order chi connectivity index (χ1) is 5.77. The topological polar surface area (TPSA) is 12.0 Å². The number of allylic oxidation sites excluding steroid dienone is 5. The predicted molar refractivity (Wildman–Crippen MR) is 53.8 cm³/mol. The molecule has 66 valence electrons. The van der Waals surface area contributed by atoms with Gasteiger partial charge in [-0.1, -0.05) is 32.1 Å². The molecule has 0 saturated heterocycles. The highest BCUT2D eigenvalue weighted by atomic mass is 14.8. The first-order valence-corrected chi connectivity index (χ1v) is 4.55. The molecule has 1 N–H and O–H groups in total. The van der Waals surface area contributed by atoms with Crippen molar-refractivity contribution in [3.8, 4) is 0 Å². The number of likely N-dealkylation sites (N-methyl/N-ethyl adjacent to an activating group) is 1. The van der Waals surface area contributed by atoms with Crippen LogP contribution < -0.4 is 5.32 Å². The SMILES string of the molecule is CCC1=C(NC)C=CC(C)C=C1. The van der Waals surface area contributed by atoms with Crippen molar-refractivity contribution in [2.24, 2.45) is 5.92 Å². The Labute approximate surface area is 74.9 Å². The molecule has 0 spiro atoms. The molecule has 1 heteroatoms. The van der Waals surface area contributed by atoms with E-state index in [1.54, 1.807) is 0 Å². The summed E-state index contributed by atoms with van der Waals surface area (Å²) in [5.41, 5.74) is 2.64. The van der Waals surface area contributed by atoms with Crippen molar-refractivity contribution in [3.05, 3.63) is 35.6 Å². The molecule has 0 aromatic rings.